The van der Waals surface area contributed by atoms with Crippen molar-refractivity contribution in [1.82, 2.24) is 0 Å². The smallest absolute Gasteiger partial charge is 0.406 e. The van der Waals surface area contributed by atoms with E-state index in [2.05, 4.69) is 20.6 Å². The minimum absolute atomic E-state index is 0.198. The Morgan fingerprint density at radius 3 is 2.04 bits per heavy atom. The van der Waals surface area contributed by atoms with Gasteiger partial charge in [0.2, 0.25) is 0 Å². The second-order valence-electron chi connectivity index (χ2n) is 7.23. The number of benzene rings is 2. The number of halogens is 3. The summed E-state index contributed by atoms with van der Waals surface area (Å²) < 4.78 is 40.7. The van der Waals surface area contributed by atoms with Crippen LogP contribution in [0.4, 0.5) is 24.5 Å². The highest BCUT2D eigenvalue weighted by molar-refractivity contribution is 5.55. The topological polar surface area (TPSA) is 39.5 Å². The van der Waals surface area contributed by atoms with Gasteiger partial charge < -0.3 is 14.5 Å². The first-order chi connectivity index (χ1) is 12.9. The zero-order chi connectivity index (χ0) is 19.1. The van der Waals surface area contributed by atoms with Gasteiger partial charge in [0, 0.05) is 43.0 Å². The zero-order valence-electron chi connectivity index (χ0n) is 14.5. The molecular formula is C20H18F3N3O. The van der Waals surface area contributed by atoms with E-state index in [4.69, 9.17) is 5.26 Å². The van der Waals surface area contributed by atoms with E-state index in [0.717, 1.165) is 44.0 Å². The molecule has 2 heterocycles. The first-order valence-corrected chi connectivity index (χ1v) is 8.72. The molecule has 0 aromatic heterocycles. The summed E-state index contributed by atoms with van der Waals surface area (Å²) in [5.41, 5.74) is 2.90. The largest absolute Gasteiger partial charge is 0.573 e. The molecule has 0 N–H and O–H groups in total. The molecule has 0 unspecified atom stereocenters. The van der Waals surface area contributed by atoms with Gasteiger partial charge in [0.25, 0.3) is 0 Å². The van der Waals surface area contributed by atoms with Crippen LogP contribution in [0.5, 0.6) is 5.75 Å². The lowest BCUT2D eigenvalue weighted by Crippen LogP contribution is -2.57. The van der Waals surface area contributed by atoms with Crippen LogP contribution in [0.15, 0.2) is 48.5 Å². The molecule has 1 spiro atoms. The Balaban J connectivity index is 1.36. The first kappa shape index (κ1) is 17.5. The highest BCUT2D eigenvalue weighted by atomic mass is 19.4. The van der Waals surface area contributed by atoms with Crippen molar-refractivity contribution < 1.29 is 17.9 Å². The molecule has 0 atom stereocenters. The summed E-state index contributed by atoms with van der Waals surface area (Å²) in [6.07, 6.45) is -3.61. The third kappa shape index (κ3) is 3.65. The molecule has 7 heteroatoms. The average molecular weight is 373 g/mol. The molecule has 0 aliphatic carbocycles. The van der Waals surface area contributed by atoms with Crippen LogP contribution in [0.1, 0.15) is 12.0 Å². The second-order valence-corrected chi connectivity index (χ2v) is 7.23. The Labute approximate surface area is 155 Å². The maximum absolute atomic E-state index is 12.3. The second kappa shape index (κ2) is 6.38. The van der Waals surface area contributed by atoms with Crippen molar-refractivity contribution >= 4 is 11.4 Å². The molecule has 140 valence electrons. The number of nitriles is 1. The van der Waals surface area contributed by atoms with Crippen LogP contribution in [-0.4, -0.2) is 32.5 Å². The molecule has 2 aliphatic rings. The Hall–Kier alpha value is -2.88. The van der Waals surface area contributed by atoms with E-state index in [9.17, 15) is 13.2 Å². The van der Waals surface area contributed by atoms with Gasteiger partial charge in [0.15, 0.2) is 0 Å². The van der Waals surface area contributed by atoms with Crippen molar-refractivity contribution in [2.45, 2.75) is 12.8 Å². The first-order valence-electron chi connectivity index (χ1n) is 8.72. The number of alkyl halides is 3. The molecule has 0 saturated carbocycles. The Kier molecular flexibility index (Phi) is 4.14. The van der Waals surface area contributed by atoms with Gasteiger partial charge in [-0.05, 0) is 55.0 Å². The molecule has 27 heavy (non-hydrogen) atoms. The van der Waals surface area contributed by atoms with Crippen LogP contribution in [-0.2, 0) is 0 Å². The van der Waals surface area contributed by atoms with Crippen molar-refractivity contribution in [1.29, 1.82) is 5.26 Å². The minimum Gasteiger partial charge on any atom is -0.406 e. The van der Waals surface area contributed by atoms with Crippen LogP contribution in [0.2, 0.25) is 0 Å². The van der Waals surface area contributed by atoms with E-state index < -0.39 is 6.36 Å². The molecule has 2 saturated heterocycles. The monoisotopic (exact) mass is 373 g/mol. The summed E-state index contributed by atoms with van der Waals surface area (Å²) in [7, 11) is 0. The highest BCUT2D eigenvalue weighted by Crippen LogP contribution is 2.43. The van der Waals surface area contributed by atoms with E-state index in [-0.39, 0.29) is 11.2 Å². The zero-order valence-corrected chi connectivity index (χ0v) is 14.5. The quantitative estimate of drug-likeness (QED) is 0.810. The number of rotatable bonds is 3. The number of nitrogens with zero attached hydrogens (tertiary/aromatic N) is 3. The summed E-state index contributed by atoms with van der Waals surface area (Å²) in [5.74, 6) is -0.198. The van der Waals surface area contributed by atoms with Gasteiger partial charge in [-0.3, -0.25) is 0 Å². The lowest BCUT2D eigenvalue weighted by Gasteiger charge is -2.49. The van der Waals surface area contributed by atoms with Gasteiger partial charge in [0.05, 0.1) is 11.6 Å². The fraction of sp³-hybridized carbons (Fsp3) is 0.350. The van der Waals surface area contributed by atoms with E-state index >= 15 is 0 Å². The summed E-state index contributed by atoms with van der Waals surface area (Å²) in [4.78, 5) is 4.51. The van der Waals surface area contributed by atoms with Crippen molar-refractivity contribution in [2.75, 3.05) is 36.0 Å². The van der Waals surface area contributed by atoms with E-state index in [1.807, 2.05) is 24.3 Å². The van der Waals surface area contributed by atoms with E-state index in [1.165, 1.54) is 12.1 Å². The molecule has 4 rings (SSSR count). The predicted molar refractivity (Wildman–Crippen MR) is 95.8 cm³/mol. The highest BCUT2D eigenvalue weighted by Gasteiger charge is 2.47. The van der Waals surface area contributed by atoms with Crippen LogP contribution in [0.25, 0.3) is 0 Å². The number of ether oxygens (including phenoxy) is 1. The third-order valence-corrected chi connectivity index (χ3v) is 5.29. The van der Waals surface area contributed by atoms with Gasteiger partial charge in [-0.1, -0.05) is 0 Å². The predicted octanol–water partition coefficient (Wildman–Crippen LogP) is 4.17. The summed E-state index contributed by atoms with van der Waals surface area (Å²) in [5, 5.41) is 8.88. The van der Waals surface area contributed by atoms with Gasteiger partial charge in [-0.25, -0.2) is 0 Å². The van der Waals surface area contributed by atoms with E-state index in [0.29, 0.717) is 5.56 Å². The van der Waals surface area contributed by atoms with Crippen molar-refractivity contribution in [2.24, 2.45) is 5.41 Å². The maximum Gasteiger partial charge on any atom is 0.573 e. The SMILES string of the molecule is N#Cc1ccc(N2CC3(CCN(c4ccc(OC(F)(F)F)cc4)C3)C2)cc1. The maximum atomic E-state index is 12.3. The summed E-state index contributed by atoms with van der Waals surface area (Å²) in [6.45, 7) is 3.68. The molecule has 2 aliphatic heterocycles. The number of anilines is 2. The number of hydrogen-bond acceptors (Lipinski definition) is 4. The van der Waals surface area contributed by atoms with Crippen LogP contribution < -0.4 is 14.5 Å². The lowest BCUT2D eigenvalue weighted by molar-refractivity contribution is -0.274. The Morgan fingerprint density at radius 1 is 0.889 bits per heavy atom. The average Bonchev–Trinajstić information content (AvgIpc) is 3.06. The fourth-order valence-electron chi connectivity index (χ4n) is 3.97. The van der Waals surface area contributed by atoms with Crippen molar-refractivity contribution in [3.05, 3.63) is 54.1 Å². The Bertz CT molecular complexity index is 850. The standard InChI is InChI=1S/C20H18F3N3O/c21-20(22,23)27-18-7-5-16(6-8-18)25-10-9-19(12-25)13-26(14-19)17-3-1-15(11-24)2-4-17/h1-8H,9-10,12-14H2. The molecular weight excluding hydrogens is 355 g/mol. The molecule has 0 radical (unpaired) electrons. The van der Waals surface area contributed by atoms with Crippen LogP contribution >= 0.6 is 0 Å². The molecule has 0 amide bonds. The third-order valence-electron chi connectivity index (χ3n) is 5.29. The van der Waals surface area contributed by atoms with Crippen molar-refractivity contribution in [3.63, 3.8) is 0 Å². The summed E-state index contributed by atoms with van der Waals surface area (Å²) >= 11 is 0. The Morgan fingerprint density at radius 2 is 1.44 bits per heavy atom. The molecule has 2 fully saturated rings. The van der Waals surface area contributed by atoms with Crippen molar-refractivity contribution in [3.8, 4) is 11.8 Å². The summed E-state index contributed by atoms with van der Waals surface area (Å²) in [6, 6.07) is 15.8. The molecule has 4 nitrogen and oxygen atoms in total. The van der Waals surface area contributed by atoms with Crippen LogP contribution in [0, 0.1) is 16.7 Å². The lowest BCUT2D eigenvalue weighted by atomic mass is 9.78. The van der Waals surface area contributed by atoms with Crippen LogP contribution in [0.3, 0.4) is 0 Å². The molecule has 2 aromatic carbocycles. The molecule has 0 bridgehead atoms. The minimum atomic E-state index is -4.67. The van der Waals surface area contributed by atoms with Gasteiger partial charge >= 0.3 is 6.36 Å². The van der Waals surface area contributed by atoms with Gasteiger partial charge in [0.1, 0.15) is 5.75 Å². The molecule has 2 aromatic rings. The van der Waals surface area contributed by atoms with Gasteiger partial charge in [-0.15, -0.1) is 13.2 Å². The number of hydrogen-bond donors (Lipinski definition) is 0. The van der Waals surface area contributed by atoms with E-state index in [1.54, 1.807) is 12.1 Å². The fourth-order valence-corrected chi connectivity index (χ4v) is 3.97. The normalized spacial score (nSPS) is 18.3. The van der Waals surface area contributed by atoms with Gasteiger partial charge in [-0.2, -0.15) is 5.26 Å².